The summed E-state index contributed by atoms with van der Waals surface area (Å²) < 4.78 is 12.9. The highest BCUT2D eigenvalue weighted by Crippen LogP contribution is 2.39. The van der Waals surface area contributed by atoms with Gasteiger partial charge in [0.25, 0.3) is 5.91 Å². The summed E-state index contributed by atoms with van der Waals surface area (Å²) in [6, 6.07) is 1.73. The summed E-state index contributed by atoms with van der Waals surface area (Å²) in [5, 5.41) is 4.16. The summed E-state index contributed by atoms with van der Waals surface area (Å²) in [6.07, 6.45) is 3.13. The molecule has 3 saturated heterocycles. The molecule has 1 unspecified atom stereocenters. The van der Waals surface area contributed by atoms with E-state index in [1.807, 2.05) is 4.90 Å². The molecule has 3 aliphatic rings. The van der Waals surface area contributed by atoms with E-state index in [0.717, 1.165) is 6.42 Å². The fourth-order valence-corrected chi connectivity index (χ4v) is 3.96. The predicted octanol–water partition coefficient (Wildman–Crippen LogP) is -0.0999. The van der Waals surface area contributed by atoms with Gasteiger partial charge in [-0.1, -0.05) is 0 Å². The Morgan fingerprint density at radius 1 is 1.28 bits per heavy atom. The van der Waals surface area contributed by atoms with Crippen LogP contribution < -0.4 is 0 Å². The molecular weight excluding hydrogens is 324 g/mol. The Bertz CT molecular complexity index is 661. The van der Waals surface area contributed by atoms with E-state index in [4.69, 9.17) is 9.47 Å². The van der Waals surface area contributed by atoms with Crippen molar-refractivity contribution in [2.75, 3.05) is 46.0 Å². The number of aromatic nitrogens is 2. The maximum Gasteiger partial charge on any atom is 0.274 e. The molecule has 1 aromatic heterocycles. The molecule has 8 nitrogen and oxygen atoms in total. The monoisotopic (exact) mass is 348 g/mol. The Balaban J connectivity index is 1.27. The fourth-order valence-electron chi connectivity index (χ4n) is 3.96. The van der Waals surface area contributed by atoms with Crippen molar-refractivity contribution in [2.24, 2.45) is 13.0 Å². The first kappa shape index (κ1) is 16.5. The van der Waals surface area contributed by atoms with E-state index < -0.39 is 0 Å². The predicted molar refractivity (Wildman–Crippen MR) is 87.9 cm³/mol. The van der Waals surface area contributed by atoms with Gasteiger partial charge < -0.3 is 19.3 Å². The summed E-state index contributed by atoms with van der Waals surface area (Å²) in [4.78, 5) is 28.4. The normalized spacial score (nSPS) is 25.2. The first-order valence-corrected chi connectivity index (χ1v) is 8.83. The van der Waals surface area contributed by atoms with Gasteiger partial charge in [-0.05, 0) is 18.4 Å². The second-order valence-electron chi connectivity index (χ2n) is 7.30. The molecule has 0 bridgehead atoms. The number of nitrogens with zero attached hydrogens (tertiary/aromatic N) is 4. The highest BCUT2D eigenvalue weighted by Gasteiger charge is 2.51. The van der Waals surface area contributed by atoms with Crippen LogP contribution in [0, 0.1) is 5.92 Å². The number of likely N-dealkylation sites (tertiary alicyclic amines) is 1. The lowest BCUT2D eigenvalue weighted by molar-refractivity contribution is -0.136. The van der Waals surface area contributed by atoms with Gasteiger partial charge in [-0.25, -0.2) is 0 Å². The second kappa shape index (κ2) is 6.42. The molecule has 0 aromatic carbocycles. The van der Waals surface area contributed by atoms with Gasteiger partial charge in [-0.3, -0.25) is 14.3 Å². The van der Waals surface area contributed by atoms with E-state index in [-0.39, 0.29) is 23.3 Å². The zero-order chi connectivity index (χ0) is 17.4. The number of ether oxygens (including phenoxy) is 2. The van der Waals surface area contributed by atoms with Gasteiger partial charge in [-0.15, -0.1) is 0 Å². The third-order valence-corrected chi connectivity index (χ3v) is 5.29. The van der Waals surface area contributed by atoms with Crippen molar-refractivity contribution in [1.29, 1.82) is 0 Å². The average molecular weight is 348 g/mol. The standard InChI is InChI=1S/C17H24N4O4/c1-19-3-2-14(18-19)16(23)21-11-17(12-21)9-13(10-25-17)8-15(22)20-4-6-24-7-5-20/h2-3,13H,4-12H2,1H3. The van der Waals surface area contributed by atoms with Gasteiger partial charge in [0.2, 0.25) is 5.91 Å². The van der Waals surface area contributed by atoms with Crippen molar-refractivity contribution < 1.29 is 19.1 Å². The van der Waals surface area contributed by atoms with Crippen LogP contribution in [0.2, 0.25) is 0 Å². The zero-order valence-electron chi connectivity index (χ0n) is 14.5. The lowest BCUT2D eigenvalue weighted by Gasteiger charge is -2.46. The van der Waals surface area contributed by atoms with Gasteiger partial charge in [0, 0.05) is 32.8 Å². The number of carbonyl (C=O) groups is 2. The van der Waals surface area contributed by atoms with E-state index in [1.54, 1.807) is 28.9 Å². The van der Waals surface area contributed by atoms with Gasteiger partial charge in [0.05, 0.1) is 32.9 Å². The summed E-state index contributed by atoms with van der Waals surface area (Å²) in [6.45, 7) is 4.40. The molecule has 25 heavy (non-hydrogen) atoms. The third-order valence-electron chi connectivity index (χ3n) is 5.29. The van der Waals surface area contributed by atoms with Crippen molar-refractivity contribution >= 4 is 11.8 Å². The Morgan fingerprint density at radius 3 is 2.72 bits per heavy atom. The van der Waals surface area contributed by atoms with E-state index in [2.05, 4.69) is 5.10 Å². The van der Waals surface area contributed by atoms with Crippen LogP contribution in [-0.2, 0) is 21.3 Å². The van der Waals surface area contributed by atoms with Crippen LogP contribution >= 0.6 is 0 Å². The zero-order valence-corrected chi connectivity index (χ0v) is 14.5. The quantitative estimate of drug-likeness (QED) is 0.762. The summed E-state index contributed by atoms with van der Waals surface area (Å²) >= 11 is 0. The third kappa shape index (κ3) is 3.28. The van der Waals surface area contributed by atoms with E-state index in [9.17, 15) is 9.59 Å². The maximum absolute atomic E-state index is 12.4. The molecule has 0 saturated carbocycles. The SMILES string of the molecule is Cn1ccc(C(=O)N2CC3(CC(CC(=O)N4CCOCC4)CO3)C2)n1. The fraction of sp³-hybridized carbons (Fsp3) is 0.706. The molecule has 2 amide bonds. The van der Waals surface area contributed by atoms with Crippen LogP contribution in [0.5, 0.6) is 0 Å². The number of hydrogen-bond acceptors (Lipinski definition) is 5. The largest absolute Gasteiger partial charge is 0.378 e. The molecule has 8 heteroatoms. The van der Waals surface area contributed by atoms with Crippen molar-refractivity contribution in [3.63, 3.8) is 0 Å². The van der Waals surface area contributed by atoms with Crippen LogP contribution in [0.4, 0.5) is 0 Å². The molecular formula is C17H24N4O4. The number of aryl methyl sites for hydroxylation is 1. The number of carbonyl (C=O) groups excluding carboxylic acids is 2. The molecule has 4 heterocycles. The van der Waals surface area contributed by atoms with Crippen LogP contribution in [0.25, 0.3) is 0 Å². The van der Waals surface area contributed by atoms with Crippen LogP contribution in [0.15, 0.2) is 12.3 Å². The minimum absolute atomic E-state index is 0.0531. The average Bonchev–Trinajstić information content (AvgIpc) is 3.20. The van der Waals surface area contributed by atoms with Crippen LogP contribution in [-0.4, -0.2) is 83.0 Å². The summed E-state index contributed by atoms with van der Waals surface area (Å²) in [5.74, 6) is 0.375. The smallest absolute Gasteiger partial charge is 0.274 e. The highest BCUT2D eigenvalue weighted by molar-refractivity contribution is 5.93. The van der Waals surface area contributed by atoms with Crippen molar-refractivity contribution in [2.45, 2.75) is 18.4 Å². The van der Waals surface area contributed by atoms with E-state index in [0.29, 0.717) is 58.1 Å². The molecule has 0 radical (unpaired) electrons. The van der Waals surface area contributed by atoms with Gasteiger partial charge in [0.1, 0.15) is 11.3 Å². The second-order valence-corrected chi connectivity index (χ2v) is 7.30. The minimum Gasteiger partial charge on any atom is -0.378 e. The first-order chi connectivity index (χ1) is 12.0. The lowest BCUT2D eigenvalue weighted by Crippen LogP contribution is -2.63. The molecule has 1 spiro atoms. The van der Waals surface area contributed by atoms with Crippen molar-refractivity contribution in [3.8, 4) is 0 Å². The number of morpholine rings is 1. The molecule has 0 N–H and O–H groups in total. The molecule has 3 fully saturated rings. The topological polar surface area (TPSA) is 76.9 Å². The molecule has 136 valence electrons. The molecule has 1 atom stereocenters. The lowest BCUT2D eigenvalue weighted by atomic mass is 9.85. The molecule has 0 aliphatic carbocycles. The number of amides is 2. The van der Waals surface area contributed by atoms with Gasteiger partial charge in [-0.2, -0.15) is 5.10 Å². The number of hydrogen-bond donors (Lipinski definition) is 0. The Morgan fingerprint density at radius 2 is 2.04 bits per heavy atom. The summed E-state index contributed by atoms with van der Waals surface area (Å²) in [7, 11) is 1.80. The van der Waals surface area contributed by atoms with E-state index in [1.165, 1.54) is 0 Å². The molecule has 1 aromatic rings. The van der Waals surface area contributed by atoms with Crippen molar-refractivity contribution in [3.05, 3.63) is 18.0 Å². The molecule has 3 aliphatic heterocycles. The molecule has 4 rings (SSSR count). The summed E-state index contributed by atoms with van der Waals surface area (Å²) in [5.41, 5.74) is 0.204. The van der Waals surface area contributed by atoms with Crippen LogP contribution in [0.3, 0.4) is 0 Å². The Hall–Kier alpha value is -1.93. The van der Waals surface area contributed by atoms with Gasteiger partial charge in [0.15, 0.2) is 0 Å². The Kier molecular flexibility index (Phi) is 4.24. The highest BCUT2D eigenvalue weighted by atomic mass is 16.5. The first-order valence-electron chi connectivity index (χ1n) is 8.83. The number of rotatable bonds is 3. The van der Waals surface area contributed by atoms with Gasteiger partial charge >= 0.3 is 0 Å². The minimum atomic E-state index is -0.263. The van der Waals surface area contributed by atoms with Crippen molar-refractivity contribution in [1.82, 2.24) is 19.6 Å². The maximum atomic E-state index is 12.4. The Labute approximate surface area is 146 Å². The van der Waals surface area contributed by atoms with E-state index >= 15 is 0 Å². The van der Waals surface area contributed by atoms with Crippen LogP contribution in [0.1, 0.15) is 23.3 Å².